The molecule has 0 fully saturated rings. The summed E-state index contributed by atoms with van der Waals surface area (Å²) in [5.74, 6) is 0. The van der Waals surface area contributed by atoms with Gasteiger partial charge in [0.2, 0.25) is 0 Å². The topological polar surface area (TPSA) is 26.3 Å². The second-order valence-corrected chi connectivity index (χ2v) is 3.99. The van der Waals surface area contributed by atoms with Gasteiger partial charge in [-0.05, 0) is 43.3 Å². The molecule has 0 aliphatic carbocycles. The lowest BCUT2D eigenvalue weighted by molar-refractivity contribution is 0.213. The molecule has 0 unspecified atom stereocenters. The lowest BCUT2D eigenvalue weighted by atomic mass is 10.4. The maximum absolute atomic E-state index is 11.2. The lowest BCUT2D eigenvalue weighted by Gasteiger charge is -1.98. The third-order valence-electron chi connectivity index (χ3n) is 1.34. The summed E-state index contributed by atoms with van der Waals surface area (Å²) in [6, 6.07) is 9.42. The number of carbonyl (C=O) groups is 1. The fourth-order valence-electron chi connectivity index (χ4n) is 0.775. The highest BCUT2D eigenvalue weighted by atomic mass is 32.2. The molecule has 1 aromatic rings. The molecule has 0 aliphatic rings. The molecule has 0 saturated carbocycles. The van der Waals surface area contributed by atoms with Crippen LogP contribution in [0.25, 0.3) is 0 Å². The van der Waals surface area contributed by atoms with Gasteiger partial charge >= 0.3 is 5.30 Å². The van der Waals surface area contributed by atoms with Gasteiger partial charge in [-0.25, -0.2) is 4.79 Å². The summed E-state index contributed by atoms with van der Waals surface area (Å²) >= 11 is 1.08. The first kappa shape index (κ1) is 10.9. The van der Waals surface area contributed by atoms with Crippen LogP contribution in [-0.2, 0) is 4.74 Å². The van der Waals surface area contributed by atoms with Crippen LogP contribution in [0, 0.1) is 0 Å². The van der Waals surface area contributed by atoms with Crippen molar-refractivity contribution in [2.75, 3.05) is 0 Å². The maximum atomic E-state index is 11.2. The third-order valence-corrected chi connectivity index (χ3v) is 2.11. The van der Waals surface area contributed by atoms with E-state index in [2.05, 4.69) is 0 Å². The van der Waals surface area contributed by atoms with Crippen molar-refractivity contribution in [3.05, 3.63) is 42.2 Å². The monoisotopic (exact) mass is 208 g/mol. The molecule has 2 nitrogen and oxygen atoms in total. The van der Waals surface area contributed by atoms with Crippen LogP contribution < -0.4 is 0 Å². The Kier molecular flexibility index (Phi) is 4.26. The molecule has 14 heavy (non-hydrogen) atoms. The van der Waals surface area contributed by atoms with Gasteiger partial charge < -0.3 is 4.74 Å². The van der Waals surface area contributed by atoms with Gasteiger partial charge in [0.05, 0.1) is 6.26 Å². The third kappa shape index (κ3) is 4.14. The van der Waals surface area contributed by atoms with Gasteiger partial charge in [-0.15, -0.1) is 0 Å². The summed E-state index contributed by atoms with van der Waals surface area (Å²) in [5, 5.41) is -0.308. The molecular weight excluding hydrogens is 196 g/mol. The van der Waals surface area contributed by atoms with Crippen molar-refractivity contribution in [2.45, 2.75) is 18.7 Å². The largest absolute Gasteiger partial charge is 0.426 e. The average molecular weight is 208 g/mol. The molecule has 0 saturated heterocycles. The molecule has 3 heteroatoms. The molecule has 0 radical (unpaired) electrons. The average Bonchev–Trinajstić information content (AvgIpc) is 2.16. The maximum Gasteiger partial charge on any atom is 0.376 e. The minimum atomic E-state index is -0.308. The van der Waals surface area contributed by atoms with Crippen LogP contribution in [0.3, 0.4) is 0 Å². The van der Waals surface area contributed by atoms with Crippen molar-refractivity contribution in [3.63, 3.8) is 0 Å². The predicted octanol–water partition coefficient (Wildman–Crippen LogP) is 3.84. The fourth-order valence-corrected chi connectivity index (χ4v) is 1.36. The number of thioether (sulfide) groups is 1. The van der Waals surface area contributed by atoms with Crippen LogP contribution in [0.5, 0.6) is 0 Å². The molecule has 0 N–H and O–H groups in total. The first-order valence-corrected chi connectivity index (χ1v) is 5.07. The van der Waals surface area contributed by atoms with Gasteiger partial charge in [0.15, 0.2) is 0 Å². The Morgan fingerprint density at radius 1 is 1.29 bits per heavy atom. The Bertz CT molecular complexity index is 326. The van der Waals surface area contributed by atoms with Crippen LogP contribution in [0.2, 0.25) is 0 Å². The standard InChI is InChI=1S/C11H12O2S/c1-9(2)8-13-11(12)14-10-6-4-3-5-7-10/h3-8H,1-2H3. The zero-order chi connectivity index (χ0) is 10.4. The summed E-state index contributed by atoms with van der Waals surface area (Å²) in [4.78, 5) is 12.1. The molecular formula is C11H12O2S. The van der Waals surface area contributed by atoms with Crippen molar-refractivity contribution in [1.29, 1.82) is 0 Å². The Morgan fingerprint density at radius 2 is 1.93 bits per heavy atom. The van der Waals surface area contributed by atoms with Gasteiger partial charge in [-0.2, -0.15) is 0 Å². The number of hydrogen-bond acceptors (Lipinski definition) is 3. The highest BCUT2D eigenvalue weighted by Gasteiger charge is 2.03. The Hall–Kier alpha value is -1.22. The zero-order valence-electron chi connectivity index (χ0n) is 8.19. The van der Waals surface area contributed by atoms with Gasteiger partial charge in [0.25, 0.3) is 0 Å². The number of rotatable bonds is 2. The summed E-state index contributed by atoms with van der Waals surface area (Å²) in [6.07, 6.45) is 1.46. The van der Waals surface area contributed by atoms with Crippen LogP contribution in [-0.4, -0.2) is 5.30 Å². The second-order valence-electron chi connectivity index (χ2n) is 2.98. The summed E-state index contributed by atoms with van der Waals surface area (Å²) in [5.41, 5.74) is 0.965. The first-order chi connectivity index (χ1) is 6.68. The highest BCUT2D eigenvalue weighted by molar-refractivity contribution is 8.13. The Morgan fingerprint density at radius 3 is 2.50 bits per heavy atom. The van der Waals surface area contributed by atoms with Crippen LogP contribution in [0.1, 0.15) is 13.8 Å². The van der Waals surface area contributed by atoms with E-state index in [4.69, 9.17) is 4.74 Å². The molecule has 0 aromatic heterocycles. The van der Waals surface area contributed by atoms with Crippen molar-refractivity contribution in [2.24, 2.45) is 0 Å². The molecule has 0 amide bonds. The minimum absolute atomic E-state index is 0.308. The predicted molar refractivity (Wildman–Crippen MR) is 58.2 cm³/mol. The number of allylic oxidation sites excluding steroid dienone is 1. The molecule has 0 aliphatic heterocycles. The van der Waals surface area contributed by atoms with Crippen molar-refractivity contribution < 1.29 is 9.53 Å². The fraction of sp³-hybridized carbons (Fsp3) is 0.182. The van der Waals surface area contributed by atoms with E-state index in [9.17, 15) is 4.79 Å². The lowest BCUT2D eigenvalue weighted by Crippen LogP contribution is -1.90. The highest BCUT2D eigenvalue weighted by Crippen LogP contribution is 2.19. The Balaban J connectivity index is 2.46. The molecule has 1 aromatic carbocycles. The SMILES string of the molecule is CC(C)=COC(=O)Sc1ccccc1. The van der Waals surface area contributed by atoms with E-state index in [0.29, 0.717) is 0 Å². The molecule has 0 bridgehead atoms. The zero-order valence-corrected chi connectivity index (χ0v) is 9.01. The number of benzene rings is 1. The minimum Gasteiger partial charge on any atom is -0.426 e. The Labute approximate surface area is 88.0 Å². The van der Waals surface area contributed by atoms with E-state index < -0.39 is 0 Å². The number of carbonyl (C=O) groups excluding carboxylic acids is 1. The van der Waals surface area contributed by atoms with Gasteiger partial charge in [-0.3, -0.25) is 0 Å². The van der Waals surface area contributed by atoms with Crippen molar-refractivity contribution >= 4 is 17.1 Å². The molecule has 0 spiro atoms. The van der Waals surface area contributed by atoms with Crippen LogP contribution in [0.15, 0.2) is 47.1 Å². The van der Waals surface area contributed by atoms with Gasteiger partial charge in [0.1, 0.15) is 0 Å². The molecule has 74 valence electrons. The van der Waals surface area contributed by atoms with E-state index in [1.165, 1.54) is 6.26 Å². The molecule has 0 atom stereocenters. The van der Waals surface area contributed by atoms with Crippen molar-refractivity contribution in [1.82, 2.24) is 0 Å². The van der Waals surface area contributed by atoms with Crippen LogP contribution >= 0.6 is 11.8 Å². The van der Waals surface area contributed by atoms with E-state index in [0.717, 1.165) is 22.2 Å². The number of hydrogen-bond donors (Lipinski definition) is 0. The molecule has 1 rings (SSSR count). The summed E-state index contributed by atoms with van der Waals surface area (Å²) in [6.45, 7) is 3.75. The van der Waals surface area contributed by atoms with Gasteiger partial charge in [0, 0.05) is 4.90 Å². The van der Waals surface area contributed by atoms with E-state index >= 15 is 0 Å². The normalized spacial score (nSPS) is 9.29. The van der Waals surface area contributed by atoms with E-state index in [1.807, 2.05) is 44.2 Å². The van der Waals surface area contributed by atoms with Crippen LogP contribution in [0.4, 0.5) is 4.79 Å². The second kappa shape index (κ2) is 5.50. The van der Waals surface area contributed by atoms with Gasteiger partial charge in [-0.1, -0.05) is 18.2 Å². The first-order valence-electron chi connectivity index (χ1n) is 4.25. The van der Waals surface area contributed by atoms with Crippen molar-refractivity contribution in [3.8, 4) is 0 Å². The summed E-state index contributed by atoms with van der Waals surface area (Å²) < 4.78 is 4.87. The number of ether oxygens (including phenoxy) is 1. The smallest absolute Gasteiger partial charge is 0.376 e. The van der Waals surface area contributed by atoms with E-state index in [-0.39, 0.29) is 5.30 Å². The van der Waals surface area contributed by atoms with E-state index in [1.54, 1.807) is 0 Å². The quantitative estimate of drug-likeness (QED) is 0.419. The molecule has 0 heterocycles. The summed E-state index contributed by atoms with van der Waals surface area (Å²) in [7, 11) is 0.